The normalized spacial score (nSPS) is 29.9. The van der Waals surface area contributed by atoms with E-state index in [2.05, 4.69) is 4.72 Å². The molecule has 0 aromatic heterocycles. The zero-order valence-corrected chi connectivity index (χ0v) is 39.9. The fourth-order valence-electron chi connectivity index (χ4n) is 12.5. The molecule has 18 heteroatoms. The molecule has 8 aliphatic rings. The molecule has 8 saturated carbocycles. The molecule has 2 aromatic rings. The first-order valence-corrected chi connectivity index (χ1v) is 25.5. The fraction of sp³-hybridized carbons (Fsp3) is 0.625. The third kappa shape index (κ3) is 11.7. The van der Waals surface area contributed by atoms with E-state index in [0.717, 1.165) is 51.4 Å². The van der Waals surface area contributed by atoms with E-state index in [0.29, 0.717) is 36.0 Å². The van der Waals surface area contributed by atoms with Crippen molar-refractivity contribution in [2.24, 2.45) is 75.4 Å². The Balaban J connectivity index is 0.000000284. The largest absolute Gasteiger partial charge is 0.369 e. The Kier molecular flexibility index (Phi) is 17.7. The summed E-state index contributed by atoms with van der Waals surface area (Å²) >= 11 is 0. The number of nitrogens with two attached hydrogens (primary N) is 3. The quantitative estimate of drug-likeness (QED) is 0.153. The first kappa shape index (κ1) is 56.4. The number of hydrogen-bond acceptors (Lipinski definition) is 11. The summed E-state index contributed by atoms with van der Waals surface area (Å²) in [5, 5.41) is 17.7. The van der Waals surface area contributed by atoms with Crippen molar-refractivity contribution in [1.82, 2.24) is 4.72 Å². The first-order chi connectivity index (χ1) is 29.2. The molecule has 7 N–H and O–H groups in total. The Labute approximate surface area is 402 Å². The maximum atomic E-state index is 13.3. The number of amides is 2. The van der Waals surface area contributed by atoms with E-state index in [4.69, 9.17) is 33.1 Å². The Morgan fingerprint density at radius 3 is 1.35 bits per heavy atom. The molecule has 0 heterocycles. The highest BCUT2D eigenvalue weighted by molar-refractivity contribution is 8.13. The number of primary amides is 2. The molecule has 10 rings (SSSR count). The van der Waals surface area contributed by atoms with Crippen LogP contribution in [0.15, 0.2) is 58.3 Å². The van der Waals surface area contributed by atoms with Crippen molar-refractivity contribution in [2.45, 2.75) is 140 Å². The maximum Gasteiger partial charge on any atom is 0.262 e. The van der Waals surface area contributed by atoms with Gasteiger partial charge in [-0.2, -0.15) is 15.2 Å². The molecule has 14 nitrogen and oxygen atoms in total. The second-order valence-electron chi connectivity index (χ2n) is 20.4. The molecule has 0 aliphatic heterocycles. The summed E-state index contributed by atoms with van der Waals surface area (Å²) < 4.78 is 50.0. The summed E-state index contributed by atoms with van der Waals surface area (Å²) in [5.74, 6) is 2.98. The lowest BCUT2D eigenvalue weighted by Gasteiger charge is -2.59. The zero-order chi connectivity index (χ0) is 46.5. The zero-order valence-electron chi connectivity index (χ0n) is 36.7. The van der Waals surface area contributed by atoms with Crippen molar-refractivity contribution in [2.75, 3.05) is 0 Å². The molecule has 8 bridgehead atoms. The average molecular weight is 992 g/mol. The number of nitriles is 2. The van der Waals surface area contributed by atoms with Gasteiger partial charge in [0, 0.05) is 34.4 Å². The topological polar surface area (TPSA) is 274 Å². The van der Waals surface area contributed by atoms with Gasteiger partial charge in [0.2, 0.25) is 21.8 Å². The smallest absolute Gasteiger partial charge is 0.262 e. The monoisotopic (exact) mass is 990 g/mol. The van der Waals surface area contributed by atoms with E-state index in [1.165, 1.54) is 43.2 Å². The van der Waals surface area contributed by atoms with Crippen LogP contribution in [-0.4, -0.2) is 51.3 Å². The summed E-state index contributed by atoms with van der Waals surface area (Å²) in [5.41, 5.74) is 14.8. The fourth-order valence-corrected chi connectivity index (χ4v) is 15.1. The van der Waals surface area contributed by atoms with Gasteiger partial charge < -0.3 is 17.2 Å². The molecule has 2 aromatic carbocycles. The van der Waals surface area contributed by atoms with Crippen LogP contribution < -0.4 is 21.9 Å². The van der Waals surface area contributed by atoms with Crippen molar-refractivity contribution in [1.29, 1.82) is 10.5 Å². The summed E-state index contributed by atoms with van der Waals surface area (Å²) in [6, 6.07) is 15.3. The number of carbonyl (C=O) groups excluding carboxylic acids is 4. The molecule has 0 radical (unpaired) electrons. The van der Waals surface area contributed by atoms with Crippen LogP contribution in [0.5, 0.6) is 0 Å². The lowest BCUT2D eigenvalue weighted by Crippen LogP contribution is -2.57. The lowest BCUT2D eigenvalue weighted by molar-refractivity contribution is -0.152. The number of nitrogens with one attached hydrogen (secondary N) is 1. The second kappa shape index (κ2) is 20.8. The Bertz CT molecular complexity index is 2450. The van der Waals surface area contributed by atoms with Crippen LogP contribution in [0.25, 0.3) is 0 Å². The molecular weight excluding hydrogens is 924 g/mol. The minimum atomic E-state index is -4.04. The molecule has 8 fully saturated rings. The number of ketones is 2. The number of hydrogen-bond donors (Lipinski definition) is 4. The predicted octanol–water partition coefficient (Wildman–Crippen LogP) is 7.29. The number of rotatable bonds is 12. The van der Waals surface area contributed by atoms with Gasteiger partial charge in [-0.15, -0.1) is 12.4 Å². The van der Waals surface area contributed by atoms with Gasteiger partial charge in [-0.1, -0.05) is 39.1 Å². The van der Waals surface area contributed by atoms with E-state index < -0.39 is 35.6 Å². The average Bonchev–Trinajstić information content (AvgIpc) is 3.19. The van der Waals surface area contributed by atoms with Gasteiger partial charge in [0.05, 0.1) is 27.1 Å². The molecule has 66 heavy (non-hydrogen) atoms. The van der Waals surface area contributed by atoms with Gasteiger partial charge in [0.15, 0.2) is 11.6 Å². The van der Waals surface area contributed by atoms with Crippen LogP contribution in [0.2, 0.25) is 0 Å². The highest BCUT2D eigenvalue weighted by Crippen LogP contribution is 2.64. The third-order valence-corrected chi connectivity index (χ3v) is 18.3. The number of halogens is 2. The van der Waals surface area contributed by atoms with E-state index in [1.807, 2.05) is 6.07 Å². The van der Waals surface area contributed by atoms with Crippen molar-refractivity contribution >= 4 is 65.5 Å². The minimum Gasteiger partial charge on any atom is -0.369 e. The molecule has 364 valence electrons. The Hall–Kier alpha value is -3.90. The number of benzene rings is 2. The molecule has 4 atom stereocenters. The van der Waals surface area contributed by atoms with E-state index in [1.54, 1.807) is 52.0 Å². The minimum absolute atomic E-state index is 0. The van der Waals surface area contributed by atoms with Crippen LogP contribution in [0.3, 0.4) is 0 Å². The summed E-state index contributed by atoms with van der Waals surface area (Å²) in [4.78, 5) is 49.2. The molecule has 0 saturated heterocycles. The van der Waals surface area contributed by atoms with Crippen LogP contribution in [0.1, 0.15) is 131 Å². The number of carbonyl (C=O) groups is 4. The number of nitrogens with zero attached hydrogens (tertiary/aromatic N) is 2. The standard InChI is InChI=1S/C23H29N3O4S.C16H26N2O2.C7H4ClNO2S.2CH4.ClH/c1-22(2,26-31(29,30)19-6-4-3-5-15(19)13-24)20(27)9-18-16-7-14-8-17(18)12-23(10-14,11-16)21(25)28;1-15(2,18)13(19)5-12-10-3-9-4-11(12)8-16(6-9,7-10)14(17)20;8-12(10,11)7-4-2-1-3-6(7)5-9;;;/h3-6,14,16-18,26H,7-12H2,1-2H3,(H2,25,28);9-12H,3-8,18H2,1-2H3,(H2,17,20);1-4H;2*1H4;1H. The molecular formula is C48H68Cl2N6O8S2. The van der Waals surface area contributed by atoms with Gasteiger partial charge in [-0.05, 0) is 164 Å². The molecule has 8 aliphatic carbocycles. The Morgan fingerprint density at radius 2 is 1.02 bits per heavy atom. The SMILES string of the molecule is C.C.CC(C)(N)C(=O)CC1C2CC3CC1CC(C(N)=O)(C3)C2.CC(C)(NS(=O)(=O)c1ccccc1C#N)C(=O)CC1C2CC3CC1CC(C(N)=O)(C3)C2.Cl.N#Cc1ccccc1S(=O)(=O)Cl. The second-order valence-corrected chi connectivity index (χ2v) is 24.6. The van der Waals surface area contributed by atoms with Crippen molar-refractivity contribution in [3.8, 4) is 12.1 Å². The van der Waals surface area contributed by atoms with E-state index in [9.17, 15) is 41.3 Å². The highest BCUT2D eigenvalue weighted by atomic mass is 35.7. The van der Waals surface area contributed by atoms with Gasteiger partial charge in [0.1, 0.15) is 17.0 Å². The van der Waals surface area contributed by atoms with Crippen LogP contribution in [-0.2, 0) is 38.3 Å². The summed E-state index contributed by atoms with van der Waals surface area (Å²) in [6.07, 6.45) is 10.4. The van der Waals surface area contributed by atoms with Gasteiger partial charge in [-0.25, -0.2) is 16.8 Å². The summed E-state index contributed by atoms with van der Waals surface area (Å²) in [7, 11) is -2.77. The van der Waals surface area contributed by atoms with Crippen molar-refractivity contribution in [3.05, 3.63) is 59.7 Å². The predicted molar refractivity (Wildman–Crippen MR) is 255 cm³/mol. The van der Waals surface area contributed by atoms with Crippen LogP contribution in [0, 0.1) is 80.8 Å². The van der Waals surface area contributed by atoms with Crippen LogP contribution in [0.4, 0.5) is 0 Å². The first-order valence-electron chi connectivity index (χ1n) is 21.7. The van der Waals surface area contributed by atoms with E-state index >= 15 is 0 Å². The van der Waals surface area contributed by atoms with Crippen molar-refractivity contribution in [3.63, 3.8) is 0 Å². The maximum absolute atomic E-state index is 13.3. The van der Waals surface area contributed by atoms with Crippen LogP contribution >= 0.6 is 23.1 Å². The van der Waals surface area contributed by atoms with E-state index in [-0.39, 0.29) is 101 Å². The highest BCUT2D eigenvalue weighted by Gasteiger charge is 2.59. The Morgan fingerprint density at radius 1 is 0.667 bits per heavy atom. The number of sulfonamides is 1. The summed E-state index contributed by atoms with van der Waals surface area (Å²) in [6.45, 7) is 6.72. The number of Topliss-reactive ketones (excluding diaryl/α,β-unsaturated/α-hetero) is 2. The van der Waals surface area contributed by atoms with Gasteiger partial charge in [-0.3, -0.25) is 19.2 Å². The van der Waals surface area contributed by atoms with Gasteiger partial charge >= 0.3 is 0 Å². The third-order valence-electron chi connectivity index (χ3n) is 15.2. The molecule has 0 spiro atoms. The van der Waals surface area contributed by atoms with Crippen molar-refractivity contribution < 1.29 is 36.0 Å². The van der Waals surface area contributed by atoms with Gasteiger partial charge in [0.25, 0.3) is 9.05 Å². The molecule has 4 unspecified atom stereocenters. The lowest BCUT2D eigenvalue weighted by atomic mass is 9.45. The molecule has 2 amide bonds.